The fraction of sp³-hybridized carbons (Fsp3) is 0.333. The van der Waals surface area contributed by atoms with Crippen molar-refractivity contribution < 1.29 is 14.1 Å². The first-order valence-corrected chi connectivity index (χ1v) is 7.11. The molecular formula is C15H19ClN3O2+. The summed E-state index contributed by atoms with van der Waals surface area (Å²) in [5.74, 6) is 0.0463. The predicted octanol–water partition coefficient (Wildman–Crippen LogP) is 2.38. The van der Waals surface area contributed by atoms with E-state index in [1.54, 1.807) is 17.7 Å². The molecule has 0 radical (unpaired) electrons. The number of aromatic amines is 1. The predicted molar refractivity (Wildman–Crippen MR) is 82.0 cm³/mol. The van der Waals surface area contributed by atoms with Crippen molar-refractivity contribution in [3.63, 3.8) is 0 Å². The number of hydrogen-bond donors (Lipinski definition) is 2. The van der Waals surface area contributed by atoms with E-state index in [2.05, 4.69) is 4.98 Å². The maximum absolute atomic E-state index is 11.7. The Hall–Kier alpha value is -2.01. The van der Waals surface area contributed by atoms with E-state index in [9.17, 15) is 4.79 Å². The molecule has 0 spiro atoms. The fourth-order valence-electron chi connectivity index (χ4n) is 2.38. The van der Waals surface area contributed by atoms with Gasteiger partial charge in [0.2, 0.25) is 0 Å². The number of imidazole rings is 1. The topological polar surface area (TPSA) is 72.0 Å². The van der Waals surface area contributed by atoms with Crippen LogP contribution >= 0.6 is 11.6 Å². The van der Waals surface area contributed by atoms with Gasteiger partial charge in [0.1, 0.15) is 11.9 Å². The Morgan fingerprint density at radius 1 is 1.43 bits per heavy atom. The number of rotatable bonds is 4. The number of carbonyl (C=O) groups excluding carboxylic acids is 1. The minimum absolute atomic E-state index is 0.0438. The summed E-state index contributed by atoms with van der Waals surface area (Å²) >= 11 is 6.36. The second kappa shape index (κ2) is 6.18. The Morgan fingerprint density at radius 3 is 2.76 bits per heavy atom. The zero-order valence-electron chi connectivity index (χ0n) is 12.4. The van der Waals surface area contributed by atoms with Crippen molar-refractivity contribution in [2.24, 2.45) is 0 Å². The summed E-state index contributed by atoms with van der Waals surface area (Å²) in [5.41, 5.74) is 9.65. The number of hydrogen-bond acceptors (Lipinski definition) is 3. The van der Waals surface area contributed by atoms with E-state index in [0.29, 0.717) is 17.6 Å². The van der Waals surface area contributed by atoms with E-state index in [4.69, 9.17) is 22.1 Å². The summed E-state index contributed by atoms with van der Waals surface area (Å²) in [6.07, 6.45) is 1.75. The van der Waals surface area contributed by atoms with Gasteiger partial charge < -0.3 is 4.74 Å². The minimum atomic E-state index is -0.337. The van der Waals surface area contributed by atoms with Gasteiger partial charge in [0.15, 0.2) is 6.54 Å². The van der Waals surface area contributed by atoms with Crippen LogP contribution in [-0.4, -0.2) is 17.6 Å². The lowest BCUT2D eigenvalue weighted by atomic mass is 10.0. The summed E-state index contributed by atoms with van der Waals surface area (Å²) in [5, 5.41) is 0.629. The highest BCUT2D eigenvalue weighted by molar-refractivity contribution is 6.33. The quantitative estimate of drug-likeness (QED) is 0.673. The van der Waals surface area contributed by atoms with E-state index in [0.717, 1.165) is 22.4 Å². The van der Waals surface area contributed by atoms with Crippen LogP contribution in [0.5, 0.6) is 0 Å². The number of nitrogens with two attached hydrogens (primary N) is 1. The van der Waals surface area contributed by atoms with E-state index in [-0.39, 0.29) is 12.5 Å². The van der Waals surface area contributed by atoms with Crippen molar-refractivity contribution in [3.8, 4) is 11.3 Å². The molecule has 0 atom stereocenters. The van der Waals surface area contributed by atoms with Gasteiger partial charge in [0, 0.05) is 5.56 Å². The molecule has 0 fully saturated rings. The van der Waals surface area contributed by atoms with Crippen LogP contribution in [0.15, 0.2) is 18.3 Å². The average Bonchev–Trinajstić information content (AvgIpc) is 2.71. The number of anilines is 1. The minimum Gasteiger partial charge on any atom is -0.464 e. The first-order chi connectivity index (χ1) is 9.93. The lowest BCUT2D eigenvalue weighted by Crippen LogP contribution is -2.41. The number of nitrogen functional groups attached to an aromatic ring is 1. The van der Waals surface area contributed by atoms with Crippen molar-refractivity contribution in [2.45, 2.75) is 27.3 Å². The molecule has 0 saturated carbocycles. The van der Waals surface area contributed by atoms with Crippen LogP contribution in [0, 0.1) is 13.8 Å². The number of nitrogens with zero attached hydrogens (tertiary/aromatic N) is 1. The molecule has 21 heavy (non-hydrogen) atoms. The molecule has 0 aliphatic rings. The number of aryl methyl sites for hydroxylation is 2. The molecule has 3 N–H and O–H groups in total. The van der Waals surface area contributed by atoms with Gasteiger partial charge in [-0.3, -0.25) is 5.73 Å². The third kappa shape index (κ3) is 3.19. The third-order valence-electron chi connectivity index (χ3n) is 3.22. The van der Waals surface area contributed by atoms with Crippen molar-refractivity contribution in [1.82, 2.24) is 4.98 Å². The second-order valence-electron chi connectivity index (χ2n) is 4.89. The molecule has 2 aromatic rings. The van der Waals surface area contributed by atoms with E-state index >= 15 is 0 Å². The lowest BCUT2D eigenvalue weighted by Gasteiger charge is -2.10. The monoisotopic (exact) mass is 308 g/mol. The summed E-state index contributed by atoms with van der Waals surface area (Å²) in [7, 11) is 0. The van der Waals surface area contributed by atoms with Gasteiger partial charge in [-0.2, -0.15) is 0 Å². The van der Waals surface area contributed by atoms with Crippen molar-refractivity contribution in [2.75, 3.05) is 12.3 Å². The standard InChI is InChI=1S/C15H18ClN3O2/c1-4-21-13(20)8-19-12(7-18-15(19)17)14-10(3)5-9(2)6-11(14)16/h5-7H,4,8H2,1-3H3,(H2,17,18)/p+1. The lowest BCUT2D eigenvalue weighted by molar-refractivity contribution is -0.659. The van der Waals surface area contributed by atoms with Crippen molar-refractivity contribution >= 4 is 23.5 Å². The van der Waals surface area contributed by atoms with Gasteiger partial charge in [-0.25, -0.2) is 14.3 Å². The average molecular weight is 309 g/mol. The Kier molecular flexibility index (Phi) is 4.53. The number of nitrogens with one attached hydrogen (secondary N) is 1. The zero-order chi connectivity index (χ0) is 15.6. The van der Waals surface area contributed by atoms with E-state index in [1.165, 1.54) is 0 Å². The molecule has 1 aromatic carbocycles. The number of ether oxygens (including phenoxy) is 1. The Labute approximate surface area is 128 Å². The molecule has 5 nitrogen and oxygen atoms in total. The number of H-pyrrole nitrogens is 1. The van der Waals surface area contributed by atoms with E-state index < -0.39 is 0 Å². The molecule has 0 aliphatic heterocycles. The maximum atomic E-state index is 11.7. The highest BCUT2D eigenvalue weighted by Crippen LogP contribution is 2.30. The zero-order valence-corrected chi connectivity index (χ0v) is 13.1. The molecule has 1 aromatic heterocycles. The van der Waals surface area contributed by atoms with Gasteiger partial charge in [-0.15, -0.1) is 0 Å². The highest BCUT2D eigenvalue weighted by atomic mass is 35.5. The largest absolute Gasteiger partial charge is 0.464 e. The summed E-state index contributed by atoms with van der Waals surface area (Å²) in [6, 6.07) is 3.93. The third-order valence-corrected chi connectivity index (χ3v) is 3.52. The summed E-state index contributed by atoms with van der Waals surface area (Å²) in [4.78, 5) is 14.7. The SMILES string of the molecule is CCOC(=O)C[n+]1c(-c2c(C)cc(C)cc2Cl)c[nH]c1N. The van der Waals surface area contributed by atoms with Crippen molar-refractivity contribution in [1.29, 1.82) is 0 Å². The molecule has 1 heterocycles. The molecule has 0 amide bonds. The molecule has 0 unspecified atom stereocenters. The van der Waals surface area contributed by atoms with Crippen LogP contribution in [-0.2, 0) is 16.1 Å². The van der Waals surface area contributed by atoms with Crippen LogP contribution < -0.4 is 10.3 Å². The smallest absolute Gasteiger partial charge is 0.353 e. The highest BCUT2D eigenvalue weighted by Gasteiger charge is 2.22. The Balaban J connectivity index is 2.49. The van der Waals surface area contributed by atoms with Crippen LogP contribution in [0.25, 0.3) is 11.3 Å². The van der Waals surface area contributed by atoms with Gasteiger partial charge >= 0.3 is 11.9 Å². The fourth-order valence-corrected chi connectivity index (χ4v) is 2.80. The molecule has 6 heteroatoms. The van der Waals surface area contributed by atoms with Crippen LogP contribution in [0.1, 0.15) is 18.1 Å². The molecule has 112 valence electrons. The number of carbonyl (C=O) groups is 1. The van der Waals surface area contributed by atoms with Gasteiger partial charge in [-0.1, -0.05) is 17.7 Å². The Morgan fingerprint density at radius 2 is 2.14 bits per heavy atom. The number of halogens is 1. The van der Waals surface area contributed by atoms with Gasteiger partial charge in [0.05, 0.1) is 11.6 Å². The number of aromatic nitrogens is 2. The van der Waals surface area contributed by atoms with Gasteiger partial charge in [0.25, 0.3) is 0 Å². The number of esters is 1. The van der Waals surface area contributed by atoms with E-state index in [1.807, 2.05) is 26.0 Å². The Bertz CT molecular complexity index is 657. The first-order valence-electron chi connectivity index (χ1n) is 6.73. The molecule has 0 aliphatic carbocycles. The summed E-state index contributed by atoms with van der Waals surface area (Å²) < 4.78 is 6.65. The molecular weight excluding hydrogens is 290 g/mol. The van der Waals surface area contributed by atoms with Crippen LogP contribution in [0.4, 0.5) is 5.95 Å². The molecule has 0 bridgehead atoms. The normalized spacial score (nSPS) is 10.7. The van der Waals surface area contributed by atoms with Crippen LogP contribution in [0.2, 0.25) is 5.02 Å². The van der Waals surface area contributed by atoms with Gasteiger partial charge in [-0.05, 0) is 38.0 Å². The molecule has 2 rings (SSSR count). The summed E-state index contributed by atoms with van der Waals surface area (Å²) in [6.45, 7) is 6.11. The maximum Gasteiger partial charge on any atom is 0.353 e. The van der Waals surface area contributed by atoms with Crippen LogP contribution in [0.3, 0.4) is 0 Å². The second-order valence-corrected chi connectivity index (χ2v) is 5.30. The molecule has 0 saturated heterocycles. The first kappa shape index (κ1) is 15.4. The number of benzene rings is 1. The van der Waals surface area contributed by atoms with Crippen molar-refractivity contribution in [3.05, 3.63) is 34.5 Å².